The van der Waals surface area contributed by atoms with Crippen LogP contribution < -0.4 is 5.32 Å². The molecule has 0 saturated carbocycles. The van der Waals surface area contributed by atoms with E-state index < -0.39 is 9.84 Å². The molecule has 0 unspecified atom stereocenters. The summed E-state index contributed by atoms with van der Waals surface area (Å²) in [5.74, 6) is -0.0866. The Bertz CT molecular complexity index is 700. The minimum Gasteiger partial charge on any atom is -0.378 e. The van der Waals surface area contributed by atoms with Crippen molar-refractivity contribution in [3.05, 3.63) is 43.8 Å². The zero-order valence-corrected chi connectivity index (χ0v) is 16.9. The molecule has 20 heavy (non-hydrogen) atoms. The number of anilines is 2. The van der Waals surface area contributed by atoms with E-state index in [0.717, 1.165) is 0 Å². The average molecular weight is 441 g/mol. The van der Waals surface area contributed by atoms with Gasteiger partial charge in [-0.05, 0) is 18.2 Å². The van der Waals surface area contributed by atoms with E-state index >= 15 is 0 Å². The molecule has 0 saturated heterocycles. The van der Waals surface area contributed by atoms with E-state index in [9.17, 15) is 8.42 Å². The first-order valence-corrected chi connectivity index (χ1v) is 6.64. The first-order chi connectivity index (χ1) is 9.01. The molecule has 100 valence electrons. The van der Waals surface area contributed by atoms with Gasteiger partial charge in [-0.15, -0.1) is 0 Å². The van der Waals surface area contributed by atoms with Gasteiger partial charge >= 0.3 is 0 Å². The quantitative estimate of drug-likeness (QED) is 0.714. The fourth-order valence-electron chi connectivity index (χ4n) is 1.26. The van der Waals surface area contributed by atoms with E-state index in [1.54, 1.807) is 12.1 Å². The first kappa shape index (κ1) is 18.2. The topological polar surface area (TPSA) is 84.8 Å². The van der Waals surface area contributed by atoms with Gasteiger partial charge in [-0.2, -0.15) is 0 Å². The molecule has 0 aliphatic carbocycles. The van der Waals surface area contributed by atoms with Crippen molar-refractivity contribution in [2.24, 2.45) is 0 Å². The van der Waals surface area contributed by atoms with Gasteiger partial charge in [0.05, 0.1) is 4.90 Å². The van der Waals surface area contributed by atoms with E-state index in [-0.39, 0.29) is 88.3 Å². The normalized spacial score (nSPS) is 10.8. The van der Waals surface area contributed by atoms with Crippen LogP contribution in [0.25, 0.3) is 0 Å². The second-order valence-corrected chi connectivity index (χ2v) is 5.44. The van der Waals surface area contributed by atoms with Crippen molar-refractivity contribution < 1.29 is 75.2 Å². The van der Waals surface area contributed by atoms with Crippen molar-refractivity contribution in [1.82, 2.24) is 15.0 Å². The number of hydrogen-bond donors (Lipinski definition) is 1. The molecular weight excluding hydrogens is 430 g/mol. The van der Waals surface area contributed by atoms with Gasteiger partial charge in [-0.1, -0.05) is 11.8 Å². The summed E-state index contributed by atoms with van der Waals surface area (Å²) in [4.78, 5) is 11.0. The van der Waals surface area contributed by atoms with Crippen LogP contribution in [0.1, 0.15) is 1.37 Å². The Morgan fingerprint density at radius 1 is 1.40 bits per heavy atom. The molecule has 0 amide bonds. The van der Waals surface area contributed by atoms with Gasteiger partial charge in [0.15, 0.2) is 9.84 Å². The number of aromatic nitrogens is 3. The second-order valence-electron chi connectivity index (χ2n) is 3.33. The summed E-state index contributed by atoms with van der Waals surface area (Å²) in [6.45, 7) is 3.39. The maximum Gasteiger partial charge on any atom is 0.150 e. The van der Waals surface area contributed by atoms with Crippen LogP contribution in [0.15, 0.2) is 35.5 Å². The van der Waals surface area contributed by atoms with E-state index in [4.69, 9.17) is 1.37 Å². The Hall–Kier alpha value is 0.188. The molecular formula is C11H10N4O2SY2-2. The monoisotopic (exact) mass is 441 g/mol. The van der Waals surface area contributed by atoms with Crippen LogP contribution in [0.5, 0.6) is 0 Å². The molecule has 2 radical (unpaired) electrons. The summed E-state index contributed by atoms with van der Waals surface area (Å²) in [5.41, 5.74) is 0.494. The number of nitrogens with one attached hydrogen (secondary N) is 1. The zero-order valence-electron chi connectivity index (χ0n) is 11.4. The van der Waals surface area contributed by atoms with Gasteiger partial charge in [0.2, 0.25) is 0 Å². The fraction of sp³-hybridized carbons (Fsp3) is 0.0909. The summed E-state index contributed by atoms with van der Waals surface area (Å²) in [6.07, 6.45) is 2.04. The molecule has 9 heteroatoms. The van der Waals surface area contributed by atoms with Crippen molar-refractivity contribution in [3.63, 3.8) is 0 Å². The Morgan fingerprint density at radius 2 is 2.15 bits per heavy atom. The predicted octanol–water partition coefficient (Wildman–Crippen LogP) is 1.02. The maximum atomic E-state index is 11.7. The van der Waals surface area contributed by atoms with E-state index in [1.165, 1.54) is 12.1 Å². The zero-order chi connectivity index (χ0) is 13.9. The molecule has 1 heterocycles. The molecule has 0 aliphatic rings. The van der Waals surface area contributed by atoms with Crippen LogP contribution in [-0.4, -0.2) is 29.1 Å². The van der Waals surface area contributed by atoms with Crippen LogP contribution in [0.3, 0.4) is 0 Å². The van der Waals surface area contributed by atoms with Crippen LogP contribution in [0.2, 0.25) is 0 Å². The third-order valence-electron chi connectivity index (χ3n) is 2.13. The Kier molecular flexibility index (Phi) is 8.44. The van der Waals surface area contributed by atoms with Gasteiger partial charge in [-0.3, -0.25) is 0 Å². The molecule has 1 N–H and O–H groups in total. The SMILES string of the molecule is [2H]c1n[c-]nc(Nc2cccc(S(=O)(=O)C[CH2-])c2)n1.[Y].[Y]. The number of benzene rings is 1. The summed E-state index contributed by atoms with van der Waals surface area (Å²) >= 11 is 0. The Labute approximate surface area is 169 Å². The first-order valence-electron chi connectivity index (χ1n) is 5.49. The van der Waals surface area contributed by atoms with Crippen LogP contribution in [0, 0.1) is 13.3 Å². The summed E-state index contributed by atoms with van der Waals surface area (Å²) < 4.78 is 30.6. The van der Waals surface area contributed by atoms with Crippen molar-refractivity contribution >= 4 is 21.5 Å². The minimum atomic E-state index is -3.37. The fourth-order valence-corrected chi connectivity index (χ4v) is 2.09. The molecule has 0 bridgehead atoms. The second kappa shape index (κ2) is 9.26. The van der Waals surface area contributed by atoms with Gasteiger partial charge in [0.1, 0.15) is 5.95 Å². The number of rotatable bonds is 4. The van der Waals surface area contributed by atoms with Crippen LogP contribution in [0.4, 0.5) is 11.6 Å². The van der Waals surface area contributed by atoms with Gasteiger partial charge in [0.25, 0.3) is 0 Å². The summed E-state index contributed by atoms with van der Waals surface area (Å²) in [7, 11) is -3.37. The molecule has 0 spiro atoms. The number of hydrogen-bond acceptors (Lipinski definition) is 6. The smallest absolute Gasteiger partial charge is 0.150 e. The largest absolute Gasteiger partial charge is 0.378 e. The molecule has 1 aromatic carbocycles. The van der Waals surface area contributed by atoms with Crippen molar-refractivity contribution in [1.29, 1.82) is 0 Å². The van der Waals surface area contributed by atoms with Crippen molar-refractivity contribution in [2.45, 2.75) is 4.90 Å². The third-order valence-corrected chi connectivity index (χ3v) is 3.64. The Morgan fingerprint density at radius 3 is 2.80 bits per heavy atom. The van der Waals surface area contributed by atoms with Gasteiger partial charge < -0.3 is 27.2 Å². The van der Waals surface area contributed by atoms with Crippen molar-refractivity contribution in [3.8, 4) is 0 Å². The average Bonchev–Trinajstić information content (AvgIpc) is 2.39. The van der Waals surface area contributed by atoms with Crippen LogP contribution in [-0.2, 0) is 75.3 Å². The molecule has 1 aromatic heterocycles. The maximum absolute atomic E-state index is 11.7. The number of nitrogens with zero attached hydrogens (tertiary/aromatic N) is 3. The van der Waals surface area contributed by atoms with Gasteiger partial charge in [-0.25, -0.2) is 8.42 Å². The number of sulfone groups is 1. The Balaban J connectivity index is 0.00000200. The molecule has 6 nitrogen and oxygen atoms in total. The minimum absolute atomic E-state index is 0. The van der Waals surface area contributed by atoms with Crippen molar-refractivity contribution in [2.75, 3.05) is 11.1 Å². The third kappa shape index (κ3) is 5.52. The molecule has 0 aliphatic heterocycles. The van der Waals surface area contributed by atoms with E-state index in [1.807, 2.05) is 0 Å². The van der Waals surface area contributed by atoms with Crippen LogP contribution >= 0.6 is 0 Å². The summed E-state index contributed by atoms with van der Waals surface area (Å²) in [5, 5.41) is 2.78. The molecule has 0 fully saturated rings. The van der Waals surface area contributed by atoms with E-state index in [2.05, 4.69) is 33.5 Å². The standard InChI is InChI=1S/C11H10N4O2S.2Y/c1-2-18(16,17)10-5-3-4-9(6-10)15-11-13-7-12-8-14-11;;/h3-7H,1-2H2,(H,12,13,14,15);;/q-2;;/i7D;;. The summed E-state index contributed by atoms with van der Waals surface area (Å²) in [6, 6.07) is 6.20. The van der Waals surface area contributed by atoms with Gasteiger partial charge in [0, 0.05) is 85.1 Å². The predicted molar refractivity (Wildman–Crippen MR) is 65.8 cm³/mol. The van der Waals surface area contributed by atoms with E-state index in [0.29, 0.717) is 5.69 Å². The molecule has 2 rings (SSSR count). The molecule has 2 aromatic rings. The molecule has 0 atom stereocenters.